The second-order valence-corrected chi connectivity index (χ2v) is 9.09. The van der Waals surface area contributed by atoms with Gasteiger partial charge in [-0.3, -0.25) is 9.59 Å². The molecule has 4 aromatic rings. The van der Waals surface area contributed by atoms with Crippen LogP contribution in [-0.2, 0) is 11.8 Å². The molecule has 0 aliphatic carbocycles. The molecule has 2 amide bonds. The predicted molar refractivity (Wildman–Crippen MR) is 137 cm³/mol. The lowest BCUT2D eigenvalue weighted by atomic mass is 10.1. The highest BCUT2D eigenvalue weighted by molar-refractivity contribution is 7.99. The van der Waals surface area contributed by atoms with Crippen LogP contribution in [-0.4, -0.2) is 32.3 Å². The molecule has 1 heterocycles. The number of nitrogens with one attached hydrogen (secondary N) is 2. The summed E-state index contributed by atoms with van der Waals surface area (Å²) in [6.45, 7) is 0. The number of nitrogens with zero attached hydrogens (tertiary/aromatic N) is 3. The van der Waals surface area contributed by atoms with Crippen molar-refractivity contribution in [1.29, 1.82) is 0 Å². The largest absolute Gasteiger partial charge is 0.323 e. The Hall–Kier alpha value is -3.40. The molecule has 0 atom stereocenters. The van der Waals surface area contributed by atoms with Crippen molar-refractivity contribution in [3.63, 3.8) is 0 Å². The number of carbonyl (C=O) groups excluding carboxylic acids is 2. The van der Waals surface area contributed by atoms with Gasteiger partial charge in [-0.05, 0) is 60.7 Å². The van der Waals surface area contributed by atoms with E-state index in [-0.39, 0.29) is 17.6 Å². The zero-order chi connectivity index (χ0) is 24.9. The molecule has 0 saturated carbocycles. The first-order valence-corrected chi connectivity index (χ1v) is 12.0. The molecule has 4 rings (SSSR count). The minimum Gasteiger partial charge on any atom is -0.323 e. The van der Waals surface area contributed by atoms with Crippen molar-refractivity contribution >= 4 is 58.2 Å². The van der Waals surface area contributed by atoms with E-state index in [9.17, 15) is 14.0 Å². The highest BCUT2D eigenvalue weighted by atomic mass is 35.5. The van der Waals surface area contributed by atoms with Crippen LogP contribution in [0.25, 0.3) is 11.4 Å². The molecule has 3 aromatic carbocycles. The molecule has 0 fully saturated rings. The van der Waals surface area contributed by atoms with Crippen molar-refractivity contribution in [3.8, 4) is 11.4 Å². The lowest BCUT2D eigenvalue weighted by molar-refractivity contribution is -0.113. The molecule has 35 heavy (non-hydrogen) atoms. The summed E-state index contributed by atoms with van der Waals surface area (Å²) in [6.07, 6.45) is 0. The quantitative estimate of drug-likeness (QED) is 0.290. The Morgan fingerprint density at radius 2 is 1.60 bits per heavy atom. The molecular formula is C24H18Cl2FN5O2S. The van der Waals surface area contributed by atoms with Crippen LogP contribution in [0.1, 0.15) is 10.4 Å². The van der Waals surface area contributed by atoms with E-state index < -0.39 is 5.82 Å². The van der Waals surface area contributed by atoms with Gasteiger partial charge in [0.2, 0.25) is 5.91 Å². The topological polar surface area (TPSA) is 88.9 Å². The summed E-state index contributed by atoms with van der Waals surface area (Å²) < 4.78 is 14.8. The Bertz CT molecular complexity index is 1360. The zero-order valence-electron chi connectivity index (χ0n) is 18.3. The van der Waals surface area contributed by atoms with Gasteiger partial charge in [-0.25, -0.2) is 4.39 Å². The maximum atomic E-state index is 13.0. The Balaban J connectivity index is 1.38. The third-order valence-electron chi connectivity index (χ3n) is 4.90. The standard InChI is InChI=1S/C24H18Cl2FN5O2S/c1-32-22(14-7-11-17(12-8-14)28-23(34)15-5-9-16(27)10-6-15)30-31-24(32)35-13-20(33)29-21-18(25)3-2-4-19(21)26/h2-12H,13H2,1H3,(H,28,34)(H,29,33). The molecule has 178 valence electrons. The molecule has 0 aliphatic rings. The summed E-state index contributed by atoms with van der Waals surface area (Å²) in [7, 11) is 1.80. The molecule has 7 nitrogen and oxygen atoms in total. The number of rotatable bonds is 7. The Labute approximate surface area is 214 Å². The van der Waals surface area contributed by atoms with Crippen molar-refractivity contribution in [2.45, 2.75) is 5.16 Å². The highest BCUT2D eigenvalue weighted by Crippen LogP contribution is 2.30. The Kier molecular flexibility index (Phi) is 7.70. The van der Waals surface area contributed by atoms with Gasteiger partial charge < -0.3 is 15.2 Å². The van der Waals surface area contributed by atoms with Crippen LogP contribution in [0.4, 0.5) is 15.8 Å². The number of anilines is 2. The van der Waals surface area contributed by atoms with Crippen LogP contribution in [0.2, 0.25) is 10.0 Å². The van der Waals surface area contributed by atoms with Gasteiger partial charge in [-0.2, -0.15) is 0 Å². The average molecular weight is 530 g/mol. The zero-order valence-corrected chi connectivity index (χ0v) is 20.6. The van der Waals surface area contributed by atoms with E-state index in [1.807, 2.05) is 0 Å². The normalized spacial score (nSPS) is 10.7. The third-order valence-corrected chi connectivity index (χ3v) is 6.55. The maximum Gasteiger partial charge on any atom is 0.255 e. The fourth-order valence-electron chi connectivity index (χ4n) is 3.12. The Morgan fingerprint density at radius 3 is 2.26 bits per heavy atom. The predicted octanol–water partition coefficient (Wildman–Crippen LogP) is 5.91. The molecule has 11 heteroatoms. The molecular weight excluding hydrogens is 512 g/mol. The summed E-state index contributed by atoms with van der Waals surface area (Å²) >= 11 is 13.4. The molecule has 0 radical (unpaired) electrons. The first kappa shape index (κ1) is 24.7. The fraction of sp³-hybridized carbons (Fsp3) is 0.0833. The molecule has 1 aromatic heterocycles. The number of thioether (sulfide) groups is 1. The van der Waals surface area contributed by atoms with Gasteiger partial charge in [-0.1, -0.05) is 41.0 Å². The van der Waals surface area contributed by atoms with Gasteiger partial charge in [0.1, 0.15) is 5.82 Å². The highest BCUT2D eigenvalue weighted by Gasteiger charge is 2.15. The van der Waals surface area contributed by atoms with Gasteiger partial charge in [0, 0.05) is 23.9 Å². The molecule has 0 aliphatic heterocycles. The average Bonchev–Trinajstić information content (AvgIpc) is 3.21. The van der Waals surface area contributed by atoms with Gasteiger partial charge in [-0.15, -0.1) is 10.2 Å². The van der Waals surface area contributed by atoms with Crippen molar-refractivity contribution < 1.29 is 14.0 Å². The van der Waals surface area contributed by atoms with Gasteiger partial charge in [0.05, 0.1) is 21.5 Å². The van der Waals surface area contributed by atoms with Gasteiger partial charge in [0.25, 0.3) is 5.91 Å². The van der Waals surface area contributed by atoms with Crippen LogP contribution in [0.5, 0.6) is 0 Å². The van der Waals surface area contributed by atoms with Crippen molar-refractivity contribution in [2.24, 2.45) is 7.05 Å². The van der Waals surface area contributed by atoms with Crippen LogP contribution < -0.4 is 10.6 Å². The number of para-hydroxylation sites is 1. The summed E-state index contributed by atoms with van der Waals surface area (Å²) in [6, 6.07) is 17.3. The molecule has 0 bridgehead atoms. The van der Waals surface area contributed by atoms with E-state index in [4.69, 9.17) is 23.2 Å². The van der Waals surface area contributed by atoms with E-state index >= 15 is 0 Å². The number of hydrogen-bond acceptors (Lipinski definition) is 5. The van der Waals surface area contributed by atoms with E-state index in [1.54, 1.807) is 54.1 Å². The molecule has 2 N–H and O–H groups in total. The number of halogens is 3. The number of amides is 2. The lowest BCUT2D eigenvalue weighted by Gasteiger charge is -2.09. The molecule has 0 unspecified atom stereocenters. The van der Waals surface area contributed by atoms with Gasteiger partial charge >= 0.3 is 0 Å². The van der Waals surface area contributed by atoms with Crippen molar-refractivity contribution in [1.82, 2.24) is 14.8 Å². The minimum absolute atomic E-state index is 0.0852. The van der Waals surface area contributed by atoms with Crippen molar-refractivity contribution in [3.05, 3.63) is 88.2 Å². The number of aromatic nitrogens is 3. The minimum atomic E-state index is -0.405. The number of carbonyl (C=O) groups is 2. The number of benzene rings is 3. The van der Waals surface area contributed by atoms with Crippen LogP contribution >= 0.6 is 35.0 Å². The van der Waals surface area contributed by atoms with Crippen LogP contribution in [0.15, 0.2) is 71.9 Å². The van der Waals surface area contributed by atoms with E-state index in [2.05, 4.69) is 20.8 Å². The third kappa shape index (κ3) is 6.00. The van der Waals surface area contributed by atoms with E-state index in [0.29, 0.717) is 38.0 Å². The first-order chi connectivity index (χ1) is 16.8. The number of hydrogen-bond donors (Lipinski definition) is 2. The monoisotopic (exact) mass is 529 g/mol. The molecule has 0 spiro atoms. The van der Waals surface area contributed by atoms with E-state index in [1.165, 1.54) is 36.0 Å². The van der Waals surface area contributed by atoms with E-state index in [0.717, 1.165) is 5.56 Å². The van der Waals surface area contributed by atoms with Crippen LogP contribution in [0.3, 0.4) is 0 Å². The van der Waals surface area contributed by atoms with Crippen LogP contribution in [0, 0.1) is 5.82 Å². The SMILES string of the molecule is Cn1c(SCC(=O)Nc2c(Cl)cccc2Cl)nnc1-c1ccc(NC(=O)c2ccc(F)cc2)cc1. The fourth-order valence-corrected chi connectivity index (χ4v) is 4.32. The summed E-state index contributed by atoms with van der Waals surface area (Å²) in [5, 5.41) is 15.1. The summed E-state index contributed by atoms with van der Waals surface area (Å²) in [4.78, 5) is 24.7. The molecule has 0 saturated heterocycles. The maximum absolute atomic E-state index is 13.0. The van der Waals surface area contributed by atoms with Crippen molar-refractivity contribution in [2.75, 3.05) is 16.4 Å². The summed E-state index contributed by atoms with van der Waals surface area (Å²) in [5.41, 5.74) is 2.08. The first-order valence-electron chi connectivity index (χ1n) is 10.2. The summed E-state index contributed by atoms with van der Waals surface area (Å²) in [5.74, 6) is -0.347. The van der Waals surface area contributed by atoms with Gasteiger partial charge in [0.15, 0.2) is 11.0 Å². The second kappa shape index (κ2) is 10.9. The Morgan fingerprint density at radius 1 is 0.943 bits per heavy atom. The second-order valence-electron chi connectivity index (χ2n) is 7.34. The lowest BCUT2D eigenvalue weighted by Crippen LogP contribution is -2.15. The smallest absolute Gasteiger partial charge is 0.255 e.